The Bertz CT molecular complexity index is 445. The summed E-state index contributed by atoms with van der Waals surface area (Å²) in [6, 6.07) is 7.78. The summed E-state index contributed by atoms with van der Waals surface area (Å²) in [4.78, 5) is 2.27. The van der Waals surface area contributed by atoms with Crippen LogP contribution < -0.4 is 10.6 Å². The zero-order valence-electron chi connectivity index (χ0n) is 10.7. The van der Waals surface area contributed by atoms with Crippen LogP contribution in [0.4, 0.5) is 11.4 Å². The molecule has 0 radical (unpaired) electrons. The Morgan fingerprint density at radius 2 is 2.17 bits per heavy atom. The molecule has 4 nitrogen and oxygen atoms in total. The second-order valence-corrected chi connectivity index (χ2v) is 4.77. The van der Waals surface area contributed by atoms with Gasteiger partial charge in [-0.3, -0.25) is 0 Å². The van der Waals surface area contributed by atoms with E-state index in [0.29, 0.717) is 17.2 Å². The SMILES string of the molecule is COCC1CCN(c2ccc(N)cc2C#N)CC1. The summed E-state index contributed by atoms with van der Waals surface area (Å²) in [6.45, 7) is 2.79. The van der Waals surface area contributed by atoms with Gasteiger partial charge in [-0.15, -0.1) is 0 Å². The number of methoxy groups -OCH3 is 1. The highest BCUT2D eigenvalue weighted by molar-refractivity contribution is 5.64. The Hall–Kier alpha value is -1.73. The number of anilines is 2. The molecule has 2 rings (SSSR count). The third-order valence-corrected chi connectivity index (χ3v) is 3.50. The summed E-state index contributed by atoms with van der Waals surface area (Å²) in [5.41, 5.74) is 8.02. The first kappa shape index (κ1) is 12.7. The topological polar surface area (TPSA) is 62.3 Å². The summed E-state index contributed by atoms with van der Waals surface area (Å²) in [6.07, 6.45) is 2.23. The van der Waals surface area contributed by atoms with Crippen molar-refractivity contribution in [1.29, 1.82) is 5.26 Å². The minimum Gasteiger partial charge on any atom is -0.399 e. The quantitative estimate of drug-likeness (QED) is 0.827. The summed E-state index contributed by atoms with van der Waals surface area (Å²) in [5, 5.41) is 9.16. The highest BCUT2D eigenvalue weighted by Gasteiger charge is 2.20. The lowest BCUT2D eigenvalue weighted by molar-refractivity contribution is 0.139. The number of nitriles is 1. The van der Waals surface area contributed by atoms with Gasteiger partial charge in [-0.2, -0.15) is 5.26 Å². The fourth-order valence-corrected chi connectivity index (χ4v) is 2.50. The second kappa shape index (κ2) is 5.74. The number of benzene rings is 1. The van der Waals surface area contributed by atoms with Gasteiger partial charge in [-0.1, -0.05) is 0 Å². The molecule has 1 aliphatic heterocycles. The lowest BCUT2D eigenvalue weighted by atomic mass is 9.97. The van der Waals surface area contributed by atoms with E-state index in [1.807, 2.05) is 12.1 Å². The van der Waals surface area contributed by atoms with E-state index in [1.54, 1.807) is 13.2 Å². The van der Waals surface area contributed by atoms with Crippen molar-refractivity contribution in [1.82, 2.24) is 0 Å². The van der Waals surface area contributed by atoms with Crippen LogP contribution in [-0.2, 0) is 4.74 Å². The Morgan fingerprint density at radius 3 is 2.78 bits per heavy atom. The normalized spacial score (nSPS) is 16.6. The van der Waals surface area contributed by atoms with Gasteiger partial charge in [0.25, 0.3) is 0 Å². The summed E-state index contributed by atoms with van der Waals surface area (Å²) < 4.78 is 5.20. The average Bonchev–Trinajstić information content (AvgIpc) is 2.40. The number of hydrogen-bond acceptors (Lipinski definition) is 4. The lowest BCUT2D eigenvalue weighted by Gasteiger charge is -2.33. The third-order valence-electron chi connectivity index (χ3n) is 3.50. The predicted octanol–water partition coefficient (Wildman–Crippen LogP) is 2.00. The van der Waals surface area contributed by atoms with E-state index >= 15 is 0 Å². The van der Waals surface area contributed by atoms with E-state index in [4.69, 9.17) is 15.7 Å². The van der Waals surface area contributed by atoms with Gasteiger partial charge in [0.1, 0.15) is 6.07 Å². The predicted molar refractivity (Wildman–Crippen MR) is 72.4 cm³/mol. The van der Waals surface area contributed by atoms with Crippen molar-refractivity contribution in [2.75, 3.05) is 37.4 Å². The van der Waals surface area contributed by atoms with Crippen molar-refractivity contribution in [3.05, 3.63) is 23.8 Å². The van der Waals surface area contributed by atoms with Gasteiger partial charge < -0.3 is 15.4 Å². The fourth-order valence-electron chi connectivity index (χ4n) is 2.50. The zero-order chi connectivity index (χ0) is 13.0. The van der Waals surface area contributed by atoms with E-state index in [0.717, 1.165) is 38.2 Å². The Morgan fingerprint density at radius 1 is 1.44 bits per heavy atom. The van der Waals surface area contributed by atoms with Crippen molar-refractivity contribution in [3.63, 3.8) is 0 Å². The molecule has 0 aromatic heterocycles. The molecule has 1 saturated heterocycles. The molecular formula is C14H19N3O. The van der Waals surface area contributed by atoms with Gasteiger partial charge in [-0.05, 0) is 37.0 Å². The first-order chi connectivity index (χ1) is 8.74. The Balaban J connectivity index is 2.08. The molecule has 1 aliphatic rings. The van der Waals surface area contributed by atoms with Crippen LogP contribution >= 0.6 is 0 Å². The molecule has 4 heteroatoms. The van der Waals surface area contributed by atoms with Crippen LogP contribution in [0, 0.1) is 17.2 Å². The van der Waals surface area contributed by atoms with Crippen LogP contribution in [0.1, 0.15) is 18.4 Å². The molecule has 1 heterocycles. The fraction of sp³-hybridized carbons (Fsp3) is 0.500. The van der Waals surface area contributed by atoms with Crippen LogP contribution in [0.25, 0.3) is 0 Å². The summed E-state index contributed by atoms with van der Waals surface area (Å²) in [7, 11) is 1.75. The number of nitrogens with two attached hydrogens (primary N) is 1. The largest absolute Gasteiger partial charge is 0.399 e. The molecule has 1 aromatic rings. The second-order valence-electron chi connectivity index (χ2n) is 4.77. The monoisotopic (exact) mass is 245 g/mol. The first-order valence-electron chi connectivity index (χ1n) is 6.28. The number of hydrogen-bond donors (Lipinski definition) is 1. The van der Waals surface area contributed by atoms with Crippen LogP contribution in [0.3, 0.4) is 0 Å². The van der Waals surface area contributed by atoms with E-state index < -0.39 is 0 Å². The van der Waals surface area contributed by atoms with Crippen molar-refractivity contribution in [2.24, 2.45) is 5.92 Å². The number of nitrogens with zero attached hydrogens (tertiary/aromatic N) is 2. The molecule has 0 aliphatic carbocycles. The Kier molecular flexibility index (Phi) is 4.06. The molecule has 18 heavy (non-hydrogen) atoms. The number of nitrogen functional groups attached to an aromatic ring is 1. The van der Waals surface area contributed by atoms with Gasteiger partial charge in [0.2, 0.25) is 0 Å². The number of ether oxygens (including phenoxy) is 1. The smallest absolute Gasteiger partial charge is 0.101 e. The molecule has 96 valence electrons. The Labute approximate surface area is 108 Å². The van der Waals surface area contributed by atoms with Gasteiger partial charge in [0.05, 0.1) is 11.3 Å². The standard InChI is InChI=1S/C14H19N3O/c1-18-10-11-4-6-17(7-5-11)14-3-2-13(16)8-12(14)9-15/h2-3,8,11H,4-7,10,16H2,1H3. The average molecular weight is 245 g/mol. The number of piperidine rings is 1. The maximum atomic E-state index is 9.16. The van der Waals surface area contributed by atoms with Crippen LogP contribution in [-0.4, -0.2) is 26.8 Å². The molecule has 0 unspecified atom stereocenters. The van der Waals surface area contributed by atoms with E-state index in [2.05, 4.69) is 11.0 Å². The molecule has 2 N–H and O–H groups in total. The number of rotatable bonds is 3. The molecule has 0 bridgehead atoms. The molecule has 0 saturated carbocycles. The van der Waals surface area contributed by atoms with Crippen LogP contribution in [0.5, 0.6) is 0 Å². The van der Waals surface area contributed by atoms with Crippen molar-refractivity contribution in [2.45, 2.75) is 12.8 Å². The van der Waals surface area contributed by atoms with E-state index in [9.17, 15) is 0 Å². The van der Waals surface area contributed by atoms with E-state index in [1.165, 1.54) is 0 Å². The van der Waals surface area contributed by atoms with Gasteiger partial charge in [0, 0.05) is 32.5 Å². The maximum absolute atomic E-state index is 9.16. The lowest BCUT2D eigenvalue weighted by Crippen LogP contribution is -2.35. The molecule has 0 amide bonds. The third kappa shape index (κ3) is 2.74. The van der Waals surface area contributed by atoms with Crippen molar-refractivity contribution < 1.29 is 4.74 Å². The van der Waals surface area contributed by atoms with Gasteiger partial charge in [0.15, 0.2) is 0 Å². The molecule has 0 spiro atoms. The molecule has 0 atom stereocenters. The van der Waals surface area contributed by atoms with Crippen LogP contribution in [0.2, 0.25) is 0 Å². The van der Waals surface area contributed by atoms with Crippen molar-refractivity contribution in [3.8, 4) is 6.07 Å². The summed E-state index contributed by atoms with van der Waals surface area (Å²) in [5.74, 6) is 0.644. The maximum Gasteiger partial charge on any atom is 0.101 e. The highest BCUT2D eigenvalue weighted by atomic mass is 16.5. The van der Waals surface area contributed by atoms with Gasteiger partial charge >= 0.3 is 0 Å². The highest BCUT2D eigenvalue weighted by Crippen LogP contribution is 2.27. The van der Waals surface area contributed by atoms with Gasteiger partial charge in [-0.25, -0.2) is 0 Å². The van der Waals surface area contributed by atoms with Crippen molar-refractivity contribution >= 4 is 11.4 Å². The minimum atomic E-state index is 0.643. The summed E-state index contributed by atoms with van der Waals surface area (Å²) >= 11 is 0. The van der Waals surface area contributed by atoms with Crippen LogP contribution in [0.15, 0.2) is 18.2 Å². The molecular weight excluding hydrogens is 226 g/mol. The first-order valence-corrected chi connectivity index (χ1v) is 6.28. The zero-order valence-corrected chi connectivity index (χ0v) is 10.7. The molecule has 1 aromatic carbocycles. The minimum absolute atomic E-state index is 0.643. The molecule has 1 fully saturated rings. The van der Waals surface area contributed by atoms with E-state index in [-0.39, 0.29) is 0 Å².